The Morgan fingerprint density at radius 1 is 0.528 bits per heavy atom. The molecule has 0 saturated carbocycles. The van der Waals surface area contributed by atoms with E-state index in [9.17, 15) is 0 Å². The Morgan fingerprint density at radius 3 is 1.97 bits per heavy atom. The molecule has 0 amide bonds. The molecule has 2 aliphatic rings. The first-order valence-corrected chi connectivity index (χ1v) is 26.3. The highest BCUT2D eigenvalue weighted by Gasteiger charge is 2.37. The maximum atomic E-state index is 6.75. The molecule has 3 nitrogen and oxygen atoms in total. The molecule has 14 rings (SSSR count). The van der Waals surface area contributed by atoms with E-state index < -0.39 is 0 Å². The summed E-state index contributed by atoms with van der Waals surface area (Å²) in [6.07, 6.45) is 0. The largest absolute Gasteiger partial charge is 0.456 e. The highest BCUT2D eigenvalue weighted by molar-refractivity contribution is 7.23. The zero-order chi connectivity index (χ0) is 49.0. The summed E-state index contributed by atoms with van der Waals surface area (Å²) in [6, 6.07) is 66.3. The first-order valence-electron chi connectivity index (χ1n) is 25.5. The van der Waals surface area contributed by atoms with Gasteiger partial charge in [-0.25, -0.2) is 0 Å². The highest BCUT2D eigenvalue weighted by atomic mass is 32.1. The molecule has 0 unspecified atom stereocenters. The molecule has 0 bridgehead atoms. The van der Waals surface area contributed by atoms with Gasteiger partial charge in [-0.05, 0) is 121 Å². The minimum Gasteiger partial charge on any atom is -0.456 e. The fraction of sp³-hybridized carbons (Fsp3) is 0.164. The molecule has 9 aromatic carbocycles. The molecular weight excluding hydrogens is 892 g/mol. The second kappa shape index (κ2) is 15.2. The predicted octanol–water partition coefficient (Wildman–Crippen LogP) is 17.2. The zero-order valence-corrected chi connectivity index (χ0v) is 43.0. The van der Waals surface area contributed by atoms with Crippen molar-refractivity contribution < 1.29 is 4.42 Å². The summed E-state index contributed by atoms with van der Waals surface area (Å²) in [6.45, 7) is 18.5. The van der Waals surface area contributed by atoms with E-state index in [1.54, 1.807) is 0 Å². The van der Waals surface area contributed by atoms with Gasteiger partial charge in [0.15, 0.2) is 7.28 Å². The summed E-state index contributed by atoms with van der Waals surface area (Å²) >= 11 is 1.92. The lowest BCUT2D eigenvalue weighted by Gasteiger charge is -2.24. The van der Waals surface area contributed by atoms with Crippen LogP contribution in [0.5, 0.6) is 0 Å². The normalized spacial score (nSPS) is 13.8. The van der Waals surface area contributed by atoms with Crippen LogP contribution >= 0.6 is 11.3 Å². The molecule has 0 saturated heterocycles. The summed E-state index contributed by atoms with van der Waals surface area (Å²) in [7, 11) is 0.791. The smallest absolute Gasteiger partial charge is 0.198 e. The van der Waals surface area contributed by atoms with Crippen LogP contribution in [0.1, 0.15) is 77.6 Å². The van der Waals surface area contributed by atoms with Crippen LogP contribution < -0.4 is 16.2 Å². The lowest BCUT2D eigenvalue weighted by molar-refractivity contribution is 0.590. The van der Waals surface area contributed by atoms with Gasteiger partial charge in [0.1, 0.15) is 11.2 Å². The van der Waals surface area contributed by atoms with Gasteiger partial charge in [-0.3, -0.25) is 0 Å². The molecule has 0 atom stereocenters. The fourth-order valence-corrected chi connectivity index (χ4v) is 13.5. The predicted molar refractivity (Wildman–Crippen MR) is 311 cm³/mol. The first kappa shape index (κ1) is 43.2. The van der Waals surface area contributed by atoms with E-state index in [4.69, 9.17) is 4.42 Å². The Kier molecular flexibility index (Phi) is 9.13. The maximum absolute atomic E-state index is 6.75. The summed E-state index contributed by atoms with van der Waals surface area (Å²) in [5.74, 6) is 0. The number of nitrogens with one attached hydrogen (secondary N) is 1. The van der Waals surface area contributed by atoms with Gasteiger partial charge in [-0.15, -0.1) is 11.3 Å². The van der Waals surface area contributed by atoms with Gasteiger partial charge in [-0.1, -0.05) is 176 Å². The molecular formula is C67H55BN2OS. The summed E-state index contributed by atoms with van der Waals surface area (Å²) in [5, 5.41) is 10.1. The van der Waals surface area contributed by atoms with Crippen molar-refractivity contribution in [3.05, 3.63) is 198 Å². The Bertz CT molecular complexity index is 4230. The van der Waals surface area contributed by atoms with Gasteiger partial charge < -0.3 is 14.3 Å². The topological polar surface area (TPSA) is 30.1 Å². The lowest BCUT2D eigenvalue weighted by atomic mass is 9.59. The molecule has 1 aliphatic heterocycles. The molecule has 1 aliphatic carbocycles. The second-order valence-corrected chi connectivity index (χ2v) is 24.1. The van der Waals surface area contributed by atoms with Gasteiger partial charge in [0, 0.05) is 76.0 Å². The average Bonchev–Trinajstić information content (AvgIpc) is 4.09. The van der Waals surface area contributed by atoms with E-state index in [-0.39, 0.29) is 16.2 Å². The maximum Gasteiger partial charge on any atom is 0.198 e. The van der Waals surface area contributed by atoms with Crippen molar-refractivity contribution in [3.8, 4) is 49.5 Å². The Morgan fingerprint density at radius 2 is 1.22 bits per heavy atom. The average molecular weight is 947 g/mol. The third-order valence-corrected chi connectivity index (χ3v) is 17.3. The summed E-state index contributed by atoms with van der Waals surface area (Å²) in [5.41, 5.74) is 24.5. The fourth-order valence-electron chi connectivity index (χ4n) is 12.3. The van der Waals surface area contributed by atoms with Crippen molar-refractivity contribution in [1.29, 1.82) is 0 Å². The summed E-state index contributed by atoms with van der Waals surface area (Å²) in [4.78, 5) is 1.30. The number of thiophene rings is 1. The number of aromatic nitrogens is 1. The Labute approximate surface area is 426 Å². The number of fused-ring (bicyclic) bond motifs is 12. The van der Waals surface area contributed by atoms with Crippen LogP contribution in [0.2, 0.25) is 0 Å². The molecule has 5 heteroatoms. The van der Waals surface area contributed by atoms with Gasteiger partial charge in [0.05, 0.1) is 11.2 Å². The Hall–Kier alpha value is -7.60. The second-order valence-electron chi connectivity index (χ2n) is 23.0. The van der Waals surface area contributed by atoms with Crippen LogP contribution in [0, 0.1) is 0 Å². The molecule has 72 heavy (non-hydrogen) atoms. The number of anilines is 2. The molecule has 348 valence electrons. The number of nitrogens with zero attached hydrogens (tertiary/aromatic N) is 1. The quantitative estimate of drug-likeness (QED) is 0.174. The first-order chi connectivity index (χ1) is 34.7. The van der Waals surface area contributed by atoms with E-state index in [1.807, 2.05) is 11.3 Å². The van der Waals surface area contributed by atoms with Crippen LogP contribution in [0.4, 0.5) is 11.4 Å². The highest BCUT2D eigenvalue weighted by Crippen LogP contribution is 2.52. The van der Waals surface area contributed by atoms with Gasteiger partial charge in [-0.2, -0.15) is 0 Å². The van der Waals surface area contributed by atoms with Crippen LogP contribution in [0.25, 0.3) is 103 Å². The SMILES string of the molecule is CC(C)(C)c1ccc(Nc2cc3oc4ccc(C(C)(C)C)cc4c3cc2-c2ccc3c4cc5c(cc4n4c3c2Bc2cc3sc(-c6ccccc6)c(-c6ccccc6)c3cc2-4)-c2ccccc2C5(C)C)cc1. The van der Waals surface area contributed by atoms with E-state index in [0.717, 1.165) is 46.2 Å². The van der Waals surface area contributed by atoms with E-state index in [0.29, 0.717) is 0 Å². The standard InChI is InChI=1S/C67H55BN2OS/c1-65(2,3)40-23-26-42(27-24-40)69-55-37-59-50(49-31-41(66(4,5)6)25-30-58(49)71-59)32-47(55)44-28-29-45-48-33-53-46(43-21-15-16-22-52(43)67(53,7)8)34-56(48)70-57-35-51-60(36-54(57)68-62(44)63(45)70)72-64(39-19-13-10-14-20-39)61(51)38-17-11-9-12-18-38/h9-37,68-69H,1-8H3. The minimum atomic E-state index is -0.127. The van der Waals surface area contributed by atoms with Crippen molar-refractivity contribution in [2.24, 2.45) is 0 Å². The van der Waals surface area contributed by atoms with Gasteiger partial charge >= 0.3 is 0 Å². The number of rotatable bonds is 5. The third-order valence-electron chi connectivity index (χ3n) is 16.1. The number of benzene rings is 9. The van der Waals surface area contributed by atoms with Crippen molar-refractivity contribution in [3.63, 3.8) is 0 Å². The minimum absolute atomic E-state index is 0.00740. The molecule has 12 aromatic rings. The number of hydrogen-bond donors (Lipinski definition) is 1. The van der Waals surface area contributed by atoms with Crippen LogP contribution in [-0.2, 0) is 16.2 Å². The molecule has 0 radical (unpaired) electrons. The van der Waals surface area contributed by atoms with Crippen molar-refractivity contribution in [2.45, 2.75) is 71.6 Å². The lowest BCUT2D eigenvalue weighted by Crippen LogP contribution is -2.37. The van der Waals surface area contributed by atoms with Crippen LogP contribution in [0.3, 0.4) is 0 Å². The molecule has 0 fully saturated rings. The van der Waals surface area contributed by atoms with Crippen molar-refractivity contribution in [1.82, 2.24) is 4.57 Å². The van der Waals surface area contributed by atoms with E-state index in [1.165, 1.54) is 109 Å². The van der Waals surface area contributed by atoms with Crippen LogP contribution in [-0.4, -0.2) is 11.8 Å². The monoisotopic (exact) mass is 946 g/mol. The third kappa shape index (κ3) is 6.42. The van der Waals surface area contributed by atoms with Crippen LogP contribution in [0.15, 0.2) is 180 Å². The van der Waals surface area contributed by atoms with Crippen molar-refractivity contribution >= 4 is 94.7 Å². The molecule has 3 aromatic heterocycles. The summed E-state index contributed by atoms with van der Waals surface area (Å²) < 4.78 is 10.7. The van der Waals surface area contributed by atoms with Gasteiger partial charge in [0.2, 0.25) is 0 Å². The number of furan rings is 1. The number of hydrogen-bond acceptors (Lipinski definition) is 3. The molecule has 4 heterocycles. The van der Waals surface area contributed by atoms with E-state index in [2.05, 4.69) is 241 Å². The molecule has 1 N–H and O–H groups in total. The molecule has 0 spiro atoms. The van der Waals surface area contributed by atoms with Gasteiger partial charge in [0.25, 0.3) is 0 Å². The zero-order valence-electron chi connectivity index (χ0n) is 42.2. The van der Waals surface area contributed by atoms with Crippen molar-refractivity contribution in [2.75, 3.05) is 5.32 Å². The Balaban J connectivity index is 1.07. The van der Waals surface area contributed by atoms with E-state index >= 15 is 0 Å².